The van der Waals surface area contributed by atoms with Gasteiger partial charge in [0.25, 0.3) is 5.91 Å². The predicted molar refractivity (Wildman–Crippen MR) is 94.4 cm³/mol. The van der Waals surface area contributed by atoms with Gasteiger partial charge in [0.05, 0.1) is 17.0 Å². The van der Waals surface area contributed by atoms with Gasteiger partial charge in [-0.1, -0.05) is 37.3 Å². The minimum Gasteiger partial charge on any atom is -0.481 e. The van der Waals surface area contributed by atoms with Crippen molar-refractivity contribution in [2.75, 3.05) is 0 Å². The number of aromatic nitrogens is 2. The van der Waals surface area contributed by atoms with Crippen LogP contribution in [-0.4, -0.2) is 33.2 Å². The maximum absolute atomic E-state index is 12.7. The zero-order valence-corrected chi connectivity index (χ0v) is 14.5. The van der Waals surface area contributed by atoms with E-state index in [0.717, 1.165) is 5.56 Å². The molecule has 0 bridgehead atoms. The lowest BCUT2D eigenvalue weighted by molar-refractivity contribution is -0.137. The summed E-state index contributed by atoms with van der Waals surface area (Å²) in [6.45, 7) is 3.71. The fourth-order valence-electron chi connectivity index (χ4n) is 2.66. The number of carboxylic acid groups (broad SMARTS) is 1. The first-order chi connectivity index (χ1) is 12.0. The van der Waals surface area contributed by atoms with Crippen molar-refractivity contribution in [1.29, 1.82) is 0 Å². The van der Waals surface area contributed by atoms with Gasteiger partial charge in [0.15, 0.2) is 0 Å². The minimum absolute atomic E-state index is 0.00599. The van der Waals surface area contributed by atoms with Gasteiger partial charge < -0.3 is 10.4 Å². The van der Waals surface area contributed by atoms with Crippen molar-refractivity contribution in [3.63, 3.8) is 0 Å². The van der Waals surface area contributed by atoms with E-state index in [9.17, 15) is 9.59 Å². The maximum Gasteiger partial charge on any atom is 0.303 e. The molecule has 0 saturated heterocycles. The van der Waals surface area contributed by atoms with E-state index in [-0.39, 0.29) is 18.4 Å². The number of hydrogen-bond donors (Lipinski definition) is 2. The van der Waals surface area contributed by atoms with Crippen LogP contribution in [0.25, 0.3) is 0 Å². The Hall–Kier alpha value is -2.76. The van der Waals surface area contributed by atoms with Gasteiger partial charge in [-0.05, 0) is 37.8 Å². The number of benzene rings is 1. The van der Waals surface area contributed by atoms with Crippen LogP contribution in [0.1, 0.15) is 47.1 Å². The number of carbonyl (C=O) groups is 2. The smallest absolute Gasteiger partial charge is 0.303 e. The molecule has 0 aliphatic heterocycles. The second-order valence-corrected chi connectivity index (χ2v) is 5.99. The van der Waals surface area contributed by atoms with Crippen LogP contribution in [0.3, 0.4) is 0 Å². The van der Waals surface area contributed by atoms with Crippen molar-refractivity contribution in [3.05, 3.63) is 58.9 Å². The van der Waals surface area contributed by atoms with Crippen molar-refractivity contribution < 1.29 is 14.7 Å². The van der Waals surface area contributed by atoms with Crippen LogP contribution in [0.4, 0.5) is 0 Å². The molecule has 0 radical (unpaired) electrons. The summed E-state index contributed by atoms with van der Waals surface area (Å²) in [6.07, 6.45) is 1.56. The normalized spacial score (nSPS) is 11.8. The van der Waals surface area contributed by atoms with E-state index in [1.807, 2.05) is 37.3 Å². The molecule has 0 spiro atoms. The molecule has 25 heavy (non-hydrogen) atoms. The monoisotopic (exact) mass is 341 g/mol. The molecule has 1 unspecified atom stereocenters. The van der Waals surface area contributed by atoms with Gasteiger partial charge in [-0.15, -0.1) is 0 Å². The molecule has 1 heterocycles. The molecule has 2 N–H and O–H groups in total. The summed E-state index contributed by atoms with van der Waals surface area (Å²) in [7, 11) is 0. The fraction of sp³-hybridized carbons (Fsp3) is 0.368. The second-order valence-electron chi connectivity index (χ2n) is 5.99. The molecule has 1 aromatic heterocycles. The van der Waals surface area contributed by atoms with E-state index < -0.39 is 5.97 Å². The summed E-state index contributed by atoms with van der Waals surface area (Å²) in [4.78, 5) is 23.6. The highest BCUT2D eigenvalue weighted by atomic mass is 16.4. The van der Waals surface area contributed by atoms with Crippen molar-refractivity contribution >= 4 is 11.9 Å². The molecule has 1 atom stereocenters. The number of rotatable bonds is 8. The van der Waals surface area contributed by atoms with E-state index in [2.05, 4.69) is 15.5 Å². The molecule has 0 saturated carbocycles. The highest BCUT2D eigenvalue weighted by Gasteiger charge is 2.19. The van der Waals surface area contributed by atoms with Crippen LogP contribution in [-0.2, 0) is 17.6 Å². The Morgan fingerprint density at radius 1 is 1.20 bits per heavy atom. The van der Waals surface area contributed by atoms with Crippen LogP contribution in [0.15, 0.2) is 36.4 Å². The molecular weight excluding hydrogens is 318 g/mol. The molecule has 6 heteroatoms. The second kappa shape index (κ2) is 8.92. The predicted octanol–water partition coefficient (Wildman–Crippen LogP) is 2.55. The molecule has 0 fully saturated rings. The third-order valence-electron chi connectivity index (χ3n) is 3.94. The van der Waals surface area contributed by atoms with E-state index in [1.54, 1.807) is 13.0 Å². The summed E-state index contributed by atoms with van der Waals surface area (Å²) >= 11 is 0. The van der Waals surface area contributed by atoms with Gasteiger partial charge >= 0.3 is 5.97 Å². The molecular formula is C19H23N3O3. The van der Waals surface area contributed by atoms with Gasteiger partial charge in [0, 0.05) is 12.5 Å². The molecule has 1 amide bonds. The first-order valence-electron chi connectivity index (χ1n) is 8.39. The first-order valence-corrected chi connectivity index (χ1v) is 8.39. The number of hydrogen-bond acceptors (Lipinski definition) is 4. The Morgan fingerprint density at radius 2 is 1.92 bits per heavy atom. The molecule has 6 nitrogen and oxygen atoms in total. The van der Waals surface area contributed by atoms with Gasteiger partial charge in [-0.2, -0.15) is 10.2 Å². The van der Waals surface area contributed by atoms with Gasteiger partial charge in [-0.3, -0.25) is 9.59 Å². The topological polar surface area (TPSA) is 92.2 Å². The van der Waals surface area contributed by atoms with Crippen molar-refractivity contribution in [2.45, 2.75) is 45.6 Å². The van der Waals surface area contributed by atoms with Crippen molar-refractivity contribution in [1.82, 2.24) is 15.5 Å². The average Bonchev–Trinajstić information content (AvgIpc) is 2.60. The molecule has 1 aromatic carbocycles. The molecule has 0 aliphatic rings. The Balaban J connectivity index is 2.15. The lowest BCUT2D eigenvalue weighted by Crippen LogP contribution is -2.37. The summed E-state index contributed by atoms with van der Waals surface area (Å²) in [6, 6.07) is 11.2. The Kier molecular flexibility index (Phi) is 6.62. The number of nitrogens with one attached hydrogen (secondary N) is 1. The third-order valence-corrected chi connectivity index (χ3v) is 3.94. The lowest BCUT2D eigenvalue weighted by atomic mass is 10.0. The molecule has 2 rings (SSSR count). The SMILES string of the molecule is CCc1nnc(C)cc1C(=O)NC(CCC(=O)O)Cc1ccccc1. The van der Waals surface area contributed by atoms with E-state index >= 15 is 0 Å². The standard InChI is InChI=1S/C19H23N3O3/c1-3-17-16(11-13(2)21-22-17)19(25)20-15(9-10-18(23)24)12-14-7-5-4-6-8-14/h4-8,11,15H,3,9-10,12H2,1-2H3,(H,20,25)(H,23,24). The van der Waals surface area contributed by atoms with Crippen molar-refractivity contribution in [3.8, 4) is 0 Å². The quantitative estimate of drug-likeness (QED) is 0.770. The van der Waals surface area contributed by atoms with Gasteiger partial charge in [-0.25, -0.2) is 0 Å². The third kappa shape index (κ3) is 5.67. The zero-order chi connectivity index (χ0) is 18.2. The first kappa shape index (κ1) is 18.6. The van der Waals surface area contributed by atoms with Crippen LogP contribution in [0.5, 0.6) is 0 Å². The van der Waals surface area contributed by atoms with Crippen LogP contribution in [0, 0.1) is 6.92 Å². The van der Waals surface area contributed by atoms with Gasteiger partial charge in [0.1, 0.15) is 0 Å². The summed E-state index contributed by atoms with van der Waals surface area (Å²) < 4.78 is 0. The highest BCUT2D eigenvalue weighted by molar-refractivity contribution is 5.95. The minimum atomic E-state index is -0.872. The number of aryl methyl sites for hydroxylation is 2. The molecule has 0 aliphatic carbocycles. The average molecular weight is 341 g/mol. The molecule has 132 valence electrons. The Labute approximate surface area is 147 Å². The fourth-order valence-corrected chi connectivity index (χ4v) is 2.66. The van der Waals surface area contributed by atoms with E-state index in [1.165, 1.54) is 0 Å². The van der Waals surface area contributed by atoms with Crippen molar-refractivity contribution in [2.24, 2.45) is 0 Å². The maximum atomic E-state index is 12.7. The van der Waals surface area contributed by atoms with E-state index in [0.29, 0.717) is 36.2 Å². The van der Waals surface area contributed by atoms with Gasteiger partial charge in [0.2, 0.25) is 0 Å². The largest absolute Gasteiger partial charge is 0.481 e. The van der Waals surface area contributed by atoms with Crippen LogP contribution < -0.4 is 5.32 Å². The van der Waals surface area contributed by atoms with E-state index in [4.69, 9.17) is 5.11 Å². The molecule has 2 aromatic rings. The number of carboxylic acids is 1. The number of aliphatic carboxylic acids is 1. The van der Waals surface area contributed by atoms with Crippen LogP contribution >= 0.6 is 0 Å². The summed E-state index contributed by atoms with van der Waals surface area (Å²) in [5, 5.41) is 20.0. The number of nitrogens with zero attached hydrogens (tertiary/aromatic N) is 2. The number of carbonyl (C=O) groups excluding carboxylic acids is 1. The lowest BCUT2D eigenvalue weighted by Gasteiger charge is -2.19. The Bertz CT molecular complexity index is 732. The number of amides is 1. The zero-order valence-electron chi connectivity index (χ0n) is 14.5. The summed E-state index contributed by atoms with van der Waals surface area (Å²) in [5.74, 6) is -1.11. The Morgan fingerprint density at radius 3 is 2.56 bits per heavy atom. The van der Waals surface area contributed by atoms with Crippen LogP contribution in [0.2, 0.25) is 0 Å². The highest BCUT2D eigenvalue weighted by Crippen LogP contribution is 2.12. The summed E-state index contributed by atoms with van der Waals surface area (Å²) in [5.41, 5.74) is 2.87.